The highest BCUT2D eigenvalue weighted by atomic mass is 16.6. The number of aliphatic hydroxyl groups excluding tert-OH is 1. The number of ketones is 1. The minimum absolute atomic E-state index is 0.0247. The number of rotatable bonds is 5. The quantitative estimate of drug-likeness (QED) is 0.816. The normalized spacial score (nSPS) is 43.0. The number of hydrogen-bond donors (Lipinski definition) is 1. The Hall–Kier alpha value is -0.530. The van der Waals surface area contributed by atoms with Crippen LogP contribution in [0.1, 0.15) is 34.1 Å². The highest BCUT2D eigenvalue weighted by Crippen LogP contribution is 2.45. The van der Waals surface area contributed by atoms with Crippen LogP contribution < -0.4 is 0 Å². The molecular formula is C17H30O6. The van der Waals surface area contributed by atoms with E-state index in [1.165, 1.54) is 0 Å². The van der Waals surface area contributed by atoms with Crippen molar-refractivity contribution in [2.75, 3.05) is 20.8 Å². The number of aliphatic hydroxyl groups is 1. The van der Waals surface area contributed by atoms with Gasteiger partial charge in [-0.25, -0.2) is 0 Å². The van der Waals surface area contributed by atoms with E-state index < -0.39 is 23.9 Å². The zero-order chi connectivity index (χ0) is 17.4. The first-order valence-electron chi connectivity index (χ1n) is 8.32. The Bertz CT molecular complexity index is 423. The summed E-state index contributed by atoms with van der Waals surface area (Å²) < 4.78 is 23.3. The van der Waals surface area contributed by atoms with Crippen LogP contribution in [0.4, 0.5) is 0 Å². The summed E-state index contributed by atoms with van der Waals surface area (Å²) in [5, 5.41) is 10.7. The van der Waals surface area contributed by atoms with Crippen LogP contribution in [0.2, 0.25) is 0 Å². The standard InChI is InChI=1S/C17H30O6/c1-7-22-15-13-11(23-17(3,4)16(15)19)8-10(20-5)12(9(2)18)14(13)21-6/h10-16,19H,7-8H2,1-6H3/t10?,11?,12?,13?,14?,15-,16+/m0/s1. The maximum absolute atomic E-state index is 12.2. The molecule has 0 aromatic carbocycles. The Morgan fingerprint density at radius 2 is 1.91 bits per heavy atom. The van der Waals surface area contributed by atoms with E-state index >= 15 is 0 Å². The van der Waals surface area contributed by atoms with Crippen LogP contribution in [-0.2, 0) is 23.7 Å². The third-order valence-electron chi connectivity index (χ3n) is 5.29. The Labute approximate surface area is 138 Å². The summed E-state index contributed by atoms with van der Waals surface area (Å²) in [6.07, 6.45) is -1.47. The van der Waals surface area contributed by atoms with Gasteiger partial charge in [-0.2, -0.15) is 0 Å². The third-order valence-corrected chi connectivity index (χ3v) is 5.29. The molecule has 0 spiro atoms. The Balaban J connectivity index is 2.41. The largest absolute Gasteiger partial charge is 0.387 e. The van der Waals surface area contributed by atoms with E-state index in [0.29, 0.717) is 13.0 Å². The molecule has 1 N–H and O–H groups in total. The fourth-order valence-corrected chi connectivity index (χ4v) is 4.22. The van der Waals surface area contributed by atoms with Crippen molar-refractivity contribution in [3.05, 3.63) is 0 Å². The number of ether oxygens (including phenoxy) is 4. The van der Waals surface area contributed by atoms with Crippen molar-refractivity contribution in [1.29, 1.82) is 0 Å². The molecule has 23 heavy (non-hydrogen) atoms. The Kier molecular flexibility index (Phi) is 5.85. The summed E-state index contributed by atoms with van der Waals surface area (Å²) in [6, 6.07) is 0. The van der Waals surface area contributed by atoms with Gasteiger partial charge in [-0.3, -0.25) is 4.79 Å². The second-order valence-electron chi connectivity index (χ2n) is 7.05. The molecule has 0 aromatic rings. The van der Waals surface area contributed by atoms with Crippen LogP contribution in [0.3, 0.4) is 0 Å². The zero-order valence-corrected chi connectivity index (χ0v) is 14.9. The molecule has 2 fully saturated rings. The molecule has 1 aliphatic carbocycles. The van der Waals surface area contributed by atoms with Crippen LogP contribution >= 0.6 is 0 Å². The van der Waals surface area contributed by atoms with Gasteiger partial charge in [0.05, 0.1) is 35.9 Å². The molecule has 2 rings (SSSR count). The lowest BCUT2D eigenvalue weighted by atomic mass is 9.67. The van der Waals surface area contributed by atoms with E-state index in [1.807, 2.05) is 20.8 Å². The lowest BCUT2D eigenvalue weighted by Crippen LogP contribution is -2.67. The average molecular weight is 330 g/mol. The highest BCUT2D eigenvalue weighted by Gasteiger charge is 2.58. The molecule has 5 unspecified atom stereocenters. The summed E-state index contributed by atoms with van der Waals surface area (Å²) in [7, 11) is 3.20. The van der Waals surface area contributed by atoms with E-state index in [1.54, 1.807) is 21.1 Å². The molecule has 0 amide bonds. The van der Waals surface area contributed by atoms with Gasteiger partial charge in [-0.15, -0.1) is 0 Å². The van der Waals surface area contributed by atoms with Crippen molar-refractivity contribution in [1.82, 2.24) is 0 Å². The van der Waals surface area contributed by atoms with E-state index in [-0.39, 0.29) is 29.8 Å². The third kappa shape index (κ3) is 3.33. The second-order valence-corrected chi connectivity index (χ2v) is 7.05. The van der Waals surface area contributed by atoms with E-state index in [2.05, 4.69) is 0 Å². The van der Waals surface area contributed by atoms with Crippen molar-refractivity contribution in [3.63, 3.8) is 0 Å². The van der Waals surface area contributed by atoms with Crippen molar-refractivity contribution in [3.8, 4) is 0 Å². The molecule has 134 valence electrons. The van der Waals surface area contributed by atoms with Gasteiger partial charge in [0, 0.05) is 33.2 Å². The zero-order valence-electron chi connectivity index (χ0n) is 14.9. The molecule has 1 saturated carbocycles. The van der Waals surface area contributed by atoms with E-state index in [9.17, 15) is 9.90 Å². The SMILES string of the molecule is CCO[C@H]1C2C(CC(OC)C(C(C)=O)C2OC)OC(C)(C)[C@@H]1O. The molecule has 6 heteroatoms. The Morgan fingerprint density at radius 1 is 1.26 bits per heavy atom. The van der Waals surface area contributed by atoms with Crippen LogP contribution in [0.15, 0.2) is 0 Å². The van der Waals surface area contributed by atoms with Crippen molar-refractivity contribution in [2.24, 2.45) is 11.8 Å². The topological polar surface area (TPSA) is 74.2 Å². The molecule has 2 aliphatic rings. The number of carbonyl (C=O) groups excluding carboxylic acids is 1. The van der Waals surface area contributed by atoms with Crippen molar-refractivity contribution < 1.29 is 28.8 Å². The van der Waals surface area contributed by atoms with Gasteiger partial charge >= 0.3 is 0 Å². The number of fused-ring (bicyclic) bond motifs is 1. The first-order chi connectivity index (χ1) is 10.8. The Morgan fingerprint density at radius 3 is 2.39 bits per heavy atom. The second kappa shape index (κ2) is 7.15. The molecule has 0 bridgehead atoms. The van der Waals surface area contributed by atoms with Gasteiger partial charge in [-0.1, -0.05) is 0 Å². The first kappa shape index (κ1) is 18.8. The number of hydrogen-bond acceptors (Lipinski definition) is 6. The summed E-state index contributed by atoms with van der Waals surface area (Å²) >= 11 is 0. The maximum atomic E-state index is 12.2. The smallest absolute Gasteiger partial charge is 0.138 e. The lowest BCUT2D eigenvalue weighted by Gasteiger charge is -2.55. The van der Waals surface area contributed by atoms with Gasteiger partial charge < -0.3 is 24.1 Å². The molecule has 0 aromatic heterocycles. The summed E-state index contributed by atoms with van der Waals surface area (Å²) in [5.41, 5.74) is -0.722. The summed E-state index contributed by atoms with van der Waals surface area (Å²) in [5.74, 6) is -0.564. The minimum Gasteiger partial charge on any atom is -0.387 e. The minimum atomic E-state index is -0.784. The van der Waals surface area contributed by atoms with Gasteiger partial charge in [0.25, 0.3) is 0 Å². The van der Waals surface area contributed by atoms with Crippen LogP contribution in [-0.4, -0.2) is 67.8 Å². The number of carbonyl (C=O) groups is 1. The van der Waals surface area contributed by atoms with Crippen molar-refractivity contribution in [2.45, 2.75) is 70.2 Å². The molecule has 7 atom stereocenters. The van der Waals surface area contributed by atoms with Gasteiger partial charge in [0.1, 0.15) is 11.9 Å². The summed E-state index contributed by atoms with van der Waals surface area (Å²) in [4.78, 5) is 12.2. The monoisotopic (exact) mass is 330 g/mol. The average Bonchev–Trinajstić information content (AvgIpc) is 2.49. The van der Waals surface area contributed by atoms with Gasteiger partial charge in [0.2, 0.25) is 0 Å². The number of methoxy groups -OCH3 is 2. The fraction of sp³-hybridized carbons (Fsp3) is 0.941. The maximum Gasteiger partial charge on any atom is 0.138 e. The highest BCUT2D eigenvalue weighted by molar-refractivity contribution is 5.79. The fourth-order valence-electron chi connectivity index (χ4n) is 4.22. The first-order valence-corrected chi connectivity index (χ1v) is 8.32. The molecule has 6 nitrogen and oxygen atoms in total. The predicted molar refractivity (Wildman–Crippen MR) is 84.2 cm³/mol. The van der Waals surface area contributed by atoms with Crippen LogP contribution in [0.25, 0.3) is 0 Å². The van der Waals surface area contributed by atoms with Gasteiger partial charge in [0.15, 0.2) is 0 Å². The molecule has 1 saturated heterocycles. The summed E-state index contributed by atoms with van der Waals surface area (Å²) in [6.45, 7) is 7.66. The molecular weight excluding hydrogens is 300 g/mol. The predicted octanol–water partition coefficient (Wildman–Crippen LogP) is 1.18. The van der Waals surface area contributed by atoms with Crippen molar-refractivity contribution >= 4 is 5.78 Å². The lowest BCUT2D eigenvalue weighted by molar-refractivity contribution is -0.289. The molecule has 0 radical (unpaired) electrons. The van der Waals surface area contributed by atoms with E-state index in [4.69, 9.17) is 18.9 Å². The molecule has 1 heterocycles. The van der Waals surface area contributed by atoms with Crippen LogP contribution in [0, 0.1) is 11.8 Å². The van der Waals surface area contributed by atoms with E-state index in [0.717, 1.165) is 0 Å². The number of Topliss-reactive ketones (excluding diaryl/α,β-unsaturated/α-hetero) is 1. The van der Waals surface area contributed by atoms with Crippen LogP contribution in [0.5, 0.6) is 0 Å². The van der Waals surface area contributed by atoms with Gasteiger partial charge in [-0.05, 0) is 27.7 Å². The molecule has 1 aliphatic heterocycles.